The lowest BCUT2D eigenvalue weighted by atomic mass is 10.0. The molecule has 2 aromatic carbocycles. The van der Waals surface area contributed by atoms with Crippen molar-refractivity contribution in [1.29, 1.82) is 0 Å². The van der Waals surface area contributed by atoms with Gasteiger partial charge in [-0.2, -0.15) is 0 Å². The summed E-state index contributed by atoms with van der Waals surface area (Å²) in [5.41, 5.74) is 1.40. The highest BCUT2D eigenvalue weighted by Gasteiger charge is 2.14. The molecule has 29 heavy (non-hydrogen) atoms. The number of ketones is 1. The minimum atomic E-state index is -0.781. The second-order valence-electron chi connectivity index (χ2n) is 6.37. The number of amides is 1. The summed E-state index contributed by atoms with van der Waals surface area (Å²) >= 11 is 0. The number of hydrogen-bond donors (Lipinski definition) is 1. The van der Waals surface area contributed by atoms with Crippen LogP contribution in [0.25, 0.3) is 0 Å². The van der Waals surface area contributed by atoms with Gasteiger partial charge in [0.05, 0.1) is 4.92 Å². The summed E-state index contributed by atoms with van der Waals surface area (Å²) in [6, 6.07) is 12.3. The van der Waals surface area contributed by atoms with Gasteiger partial charge >= 0.3 is 5.97 Å². The smallest absolute Gasteiger partial charge is 0.325 e. The number of nitrogens with one attached hydrogen (secondary N) is 1. The van der Waals surface area contributed by atoms with Crippen LogP contribution in [0.1, 0.15) is 46.0 Å². The first-order valence-electron chi connectivity index (χ1n) is 9.21. The van der Waals surface area contributed by atoms with Crippen LogP contribution in [-0.2, 0) is 16.0 Å². The van der Waals surface area contributed by atoms with E-state index in [9.17, 15) is 24.5 Å². The van der Waals surface area contributed by atoms with Crippen molar-refractivity contribution >= 4 is 23.3 Å². The van der Waals surface area contributed by atoms with Crippen LogP contribution in [0.4, 0.5) is 5.69 Å². The van der Waals surface area contributed by atoms with E-state index in [0.717, 1.165) is 30.9 Å². The van der Waals surface area contributed by atoms with Crippen LogP contribution in [0.15, 0.2) is 48.5 Å². The van der Waals surface area contributed by atoms with E-state index in [1.807, 2.05) is 12.1 Å². The van der Waals surface area contributed by atoms with Crippen molar-refractivity contribution in [3.8, 4) is 0 Å². The highest BCUT2D eigenvalue weighted by atomic mass is 16.6. The molecule has 0 aromatic heterocycles. The first kappa shape index (κ1) is 21.7. The molecule has 0 aliphatic carbocycles. The van der Waals surface area contributed by atoms with Crippen molar-refractivity contribution in [1.82, 2.24) is 5.32 Å². The number of ether oxygens (including phenoxy) is 1. The molecule has 0 aliphatic heterocycles. The Balaban J connectivity index is 1.79. The van der Waals surface area contributed by atoms with Crippen LogP contribution in [0.2, 0.25) is 0 Å². The number of rotatable bonds is 10. The monoisotopic (exact) mass is 398 g/mol. The zero-order valence-corrected chi connectivity index (χ0v) is 16.1. The quantitative estimate of drug-likeness (QED) is 0.285. The first-order chi connectivity index (χ1) is 13.9. The standard InChI is InChI=1S/C21H22N2O6/c1-2-3-5-15-8-10-16(11-9-15)19(24)14-29-20(25)13-22-21(26)17-6-4-7-18(12-17)23(27)28/h4,6-12H,2-3,5,13-14H2,1H3,(H,22,26). The predicted molar refractivity (Wildman–Crippen MR) is 106 cm³/mol. The molecule has 0 saturated heterocycles. The van der Waals surface area contributed by atoms with Crippen molar-refractivity contribution in [3.05, 3.63) is 75.3 Å². The topological polar surface area (TPSA) is 116 Å². The molecular weight excluding hydrogens is 376 g/mol. The molecule has 0 spiro atoms. The van der Waals surface area contributed by atoms with Crippen LogP contribution >= 0.6 is 0 Å². The Bertz CT molecular complexity index is 892. The van der Waals surface area contributed by atoms with Crippen LogP contribution in [0.5, 0.6) is 0 Å². The summed E-state index contributed by atoms with van der Waals surface area (Å²) < 4.78 is 4.89. The van der Waals surface area contributed by atoms with Crippen molar-refractivity contribution in [2.75, 3.05) is 13.2 Å². The molecule has 0 atom stereocenters. The molecule has 152 valence electrons. The van der Waals surface area contributed by atoms with Crippen molar-refractivity contribution in [2.45, 2.75) is 26.2 Å². The van der Waals surface area contributed by atoms with E-state index < -0.39 is 30.0 Å². The van der Waals surface area contributed by atoms with E-state index in [1.165, 1.54) is 18.2 Å². The Morgan fingerprint density at radius 2 is 1.79 bits per heavy atom. The third kappa shape index (κ3) is 6.84. The average Bonchev–Trinajstić information content (AvgIpc) is 2.74. The lowest BCUT2D eigenvalue weighted by molar-refractivity contribution is -0.384. The molecule has 2 aromatic rings. The fourth-order valence-corrected chi connectivity index (χ4v) is 2.53. The van der Waals surface area contributed by atoms with Crippen molar-refractivity contribution in [3.63, 3.8) is 0 Å². The predicted octanol–water partition coefficient (Wildman–Crippen LogP) is 3.09. The lowest BCUT2D eigenvalue weighted by Gasteiger charge is -2.07. The molecule has 2 rings (SSSR count). The summed E-state index contributed by atoms with van der Waals surface area (Å²) in [6.45, 7) is 1.23. The minimum Gasteiger partial charge on any atom is -0.456 e. The van der Waals surface area contributed by atoms with Crippen LogP contribution in [-0.4, -0.2) is 35.7 Å². The second-order valence-corrected chi connectivity index (χ2v) is 6.37. The number of nitro groups is 1. The zero-order chi connectivity index (χ0) is 21.2. The summed E-state index contributed by atoms with van der Waals surface area (Å²) in [7, 11) is 0. The number of carbonyl (C=O) groups excluding carboxylic acids is 3. The van der Waals surface area contributed by atoms with Gasteiger partial charge in [-0.3, -0.25) is 24.5 Å². The Morgan fingerprint density at radius 3 is 2.45 bits per heavy atom. The fraction of sp³-hybridized carbons (Fsp3) is 0.286. The Kier molecular flexibility index (Phi) is 8.02. The fourth-order valence-electron chi connectivity index (χ4n) is 2.53. The number of nitro benzene ring substituents is 1. The number of hydrogen-bond acceptors (Lipinski definition) is 6. The van der Waals surface area contributed by atoms with Crippen LogP contribution in [0.3, 0.4) is 0 Å². The second kappa shape index (κ2) is 10.7. The third-order valence-corrected chi connectivity index (χ3v) is 4.17. The third-order valence-electron chi connectivity index (χ3n) is 4.17. The number of Topliss-reactive ketones (excluding diaryl/α,β-unsaturated/α-hetero) is 1. The molecule has 0 radical (unpaired) electrons. The number of esters is 1. The van der Waals surface area contributed by atoms with Gasteiger partial charge in [0.25, 0.3) is 11.6 Å². The molecular formula is C21H22N2O6. The number of nitrogens with zero attached hydrogens (tertiary/aromatic N) is 1. The Morgan fingerprint density at radius 1 is 1.07 bits per heavy atom. The van der Waals surface area contributed by atoms with E-state index >= 15 is 0 Å². The largest absolute Gasteiger partial charge is 0.456 e. The number of benzene rings is 2. The van der Waals surface area contributed by atoms with Crippen molar-refractivity contribution in [2.24, 2.45) is 0 Å². The highest BCUT2D eigenvalue weighted by molar-refractivity contribution is 5.99. The molecule has 0 bridgehead atoms. The van der Waals surface area contributed by atoms with E-state index in [-0.39, 0.29) is 17.0 Å². The average molecular weight is 398 g/mol. The van der Waals surface area contributed by atoms with Gasteiger partial charge in [0.15, 0.2) is 12.4 Å². The molecule has 0 unspecified atom stereocenters. The summed E-state index contributed by atoms with van der Waals surface area (Å²) in [5, 5.41) is 13.0. The number of aryl methyl sites for hydroxylation is 1. The molecule has 8 nitrogen and oxygen atoms in total. The molecule has 0 aliphatic rings. The molecule has 1 amide bonds. The first-order valence-corrected chi connectivity index (χ1v) is 9.21. The maximum atomic E-state index is 12.1. The minimum absolute atomic E-state index is 0.0474. The van der Waals surface area contributed by atoms with E-state index in [1.54, 1.807) is 12.1 Å². The molecule has 0 heterocycles. The maximum absolute atomic E-state index is 12.1. The number of unbranched alkanes of at least 4 members (excludes halogenated alkanes) is 1. The van der Waals surface area contributed by atoms with Gasteiger partial charge in [-0.25, -0.2) is 0 Å². The molecule has 8 heteroatoms. The van der Waals surface area contributed by atoms with Crippen molar-refractivity contribution < 1.29 is 24.0 Å². The zero-order valence-electron chi connectivity index (χ0n) is 16.1. The number of carbonyl (C=O) groups is 3. The summed E-state index contributed by atoms with van der Waals surface area (Å²) in [5.74, 6) is -1.78. The van der Waals surface area contributed by atoms with Gasteiger partial charge in [-0.15, -0.1) is 0 Å². The maximum Gasteiger partial charge on any atom is 0.325 e. The van der Waals surface area contributed by atoms with Gasteiger partial charge < -0.3 is 10.1 Å². The van der Waals surface area contributed by atoms with E-state index in [0.29, 0.717) is 5.56 Å². The molecule has 0 saturated carbocycles. The van der Waals surface area contributed by atoms with E-state index in [2.05, 4.69) is 12.2 Å². The SMILES string of the molecule is CCCCc1ccc(C(=O)COC(=O)CNC(=O)c2cccc([N+](=O)[O-])c2)cc1. The number of non-ortho nitro benzene ring substituents is 1. The summed E-state index contributed by atoms with van der Waals surface area (Å²) in [6.07, 6.45) is 3.12. The molecule has 1 N–H and O–H groups in total. The van der Waals surface area contributed by atoms with Gasteiger partial charge in [-0.1, -0.05) is 43.7 Å². The van der Waals surface area contributed by atoms with E-state index in [4.69, 9.17) is 4.74 Å². The van der Waals surface area contributed by atoms with Crippen LogP contribution in [0, 0.1) is 10.1 Å². The van der Waals surface area contributed by atoms with Gasteiger partial charge in [-0.05, 0) is 24.5 Å². The normalized spacial score (nSPS) is 10.2. The summed E-state index contributed by atoms with van der Waals surface area (Å²) in [4.78, 5) is 46.0. The lowest BCUT2D eigenvalue weighted by Crippen LogP contribution is -2.31. The Hall–Kier alpha value is -3.55. The van der Waals surface area contributed by atoms with Gasteiger partial charge in [0.1, 0.15) is 6.54 Å². The van der Waals surface area contributed by atoms with Gasteiger partial charge in [0, 0.05) is 23.3 Å². The van der Waals surface area contributed by atoms with Gasteiger partial charge in [0.2, 0.25) is 0 Å². The Labute approximate surface area is 168 Å². The highest BCUT2D eigenvalue weighted by Crippen LogP contribution is 2.13. The van der Waals surface area contributed by atoms with Crippen LogP contribution < -0.4 is 5.32 Å². The molecule has 0 fully saturated rings.